The summed E-state index contributed by atoms with van der Waals surface area (Å²) in [6, 6.07) is 3.43. The Morgan fingerprint density at radius 2 is 2.30 bits per heavy atom. The Hall–Kier alpha value is -1.79. The van der Waals surface area contributed by atoms with Gasteiger partial charge in [0.25, 0.3) is 0 Å². The number of aryl methyl sites for hydroxylation is 1. The topological polar surface area (TPSA) is 69.4 Å². The van der Waals surface area contributed by atoms with Crippen LogP contribution in [0.15, 0.2) is 18.5 Å². The van der Waals surface area contributed by atoms with Gasteiger partial charge in [-0.3, -0.25) is 4.68 Å². The Labute approximate surface area is 120 Å². The average Bonchev–Trinajstić information content (AvgIpc) is 3.06. The van der Waals surface area contributed by atoms with Gasteiger partial charge in [0.05, 0.1) is 11.1 Å². The normalized spacial score (nSPS) is 14.6. The van der Waals surface area contributed by atoms with Gasteiger partial charge in [0.1, 0.15) is 12.2 Å². The molecule has 0 bridgehead atoms. The fourth-order valence-corrected chi connectivity index (χ4v) is 2.45. The molecular weight excluding hydrogens is 282 g/mol. The predicted molar refractivity (Wildman–Crippen MR) is 71.9 cm³/mol. The molecule has 0 spiro atoms. The summed E-state index contributed by atoms with van der Waals surface area (Å²) in [5.41, 5.74) is 0.671. The van der Waals surface area contributed by atoms with Gasteiger partial charge >= 0.3 is 0 Å². The minimum absolute atomic E-state index is 0.152. The molecule has 0 amide bonds. The number of hydrogen-bond donors (Lipinski definition) is 1. The molecule has 6 nitrogen and oxygen atoms in total. The van der Waals surface area contributed by atoms with Crippen LogP contribution in [0.2, 0.25) is 5.02 Å². The van der Waals surface area contributed by atoms with Gasteiger partial charge in [-0.1, -0.05) is 11.6 Å². The predicted octanol–water partition coefficient (Wildman–Crippen LogP) is 1.96. The minimum atomic E-state index is -0.725. The van der Waals surface area contributed by atoms with E-state index in [1.165, 1.54) is 6.33 Å². The highest BCUT2D eigenvalue weighted by Crippen LogP contribution is 2.41. The molecule has 0 radical (unpaired) electrons. The second-order valence-corrected chi connectivity index (χ2v) is 4.86. The molecule has 1 aromatic carbocycles. The van der Waals surface area contributed by atoms with Crippen LogP contribution in [0.25, 0.3) is 0 Å². The number of fused-ring (bicyclic) bond motifs is 1. The summed E-state index contributed by atoms with van der Waals surface area (Å²) in [7, 11) is 0. The van der Waals surface area contributed by atoms with E-state index in [0.717, 1.165) is 5.82 Å². The zero-order chi connectivity index (χ0) is 14.1. The van der Waals surface area contributed by atoms with E-state index in [2.05, 4.69) is 10.1 Å². The quantitative estimate of drug-likeness (QED) is 0.934. The number of benzene rings is 1. The Bertz CT molecular complexity index is 629. The molecule has 20 heavy (non-hydrogen) atoms. The highest BCUT2D eigenvalue weighted by atomic mass is 35.5. The Kier molecular flexibility index (Phi) is 3.50. The lowest BCUT2D eigenvalue weighted by molar-refractivity contribution is 0.170. The van der Waals surface area contributed by atoms with Crippen LogP contribution in [0.5, 0.6) is 11.5 Å². The third-order valence-corrected chi connectivity index (χ3v) is 3.49. The van der Waals surface area contributed by atoms with E-state index in [0.29, 0.717) is 35.1 Å². The summed E-state index contributed by atoms with van der Waals surface area (Å²) in [6.07, 6.45) is 1.12. The van der Waals surface area contributed by atoms with Crippen molar-refractivity contribution in [2.24, 2.45) is 0 Å². The molecule has 1 aliphatic heterocycles. The van der Waals surface area contributed by atoms with Gasteiger partial charge in [-0.2, -0.15) is 5.10 Å². The number of aliphatic hydroxyl groups is 1. The van der Waals surface area contributed by atoms with Gasteiger partial charge < -0.3 is 14.6 Å². The van der Waals surface area contributed by atoms with Crippen molar-refractivity contribution in [2.75, 3.05) is 6.79 Å². The summed E-state index contributed by atoms with van der Waals surface area (Å²) in [6.45, 7) is 2.84. The van der Waals surface area contributed by atoms with Crippen LogP contribution in [0.1, 0.15) is 24.4 Å². The minimum Gasteiger partial charge on any atom is -0.454 e. The van der Waals surface area contributed by atoms with Gasteiger partial charge in [0, 0.05) is 13.0 Å². The summed E-state index contributed by atoms with van der Waals surface area (Å²) >= 11 is 6.11. The van der Waals surface area contributed by atoms with Crippen LogP contribution in [0.4, 0.5) is 0 Å². The number of halogens is 1. The summed E-state index contributed by atoms with van der Waals surface area (Å²) in [5.74, 6) is 1.82. The van der Waals surface area contributed by atoms with E-state index >= 15 is 0 Å². The largest absolute Gasteiger partial charge is 0.454 e. The van der Waals surface area contributed by atoms with E-state index in [1.54, 1.807) is 16.8 Å². The zero-order valence-corrected chi connectivity index (χ0v) is 11.7. The molecule has 1 atom stereocenters. The first-order valence-corrected chi connectivity index (χ1v) is 6.70. The first-order valence-electron chi connectivity index (χ1n) is 6.32. The summed E-state index contributed by atoms with van der Waals surface area (Å²) in [4.78, 5) is 4.15. The van der Waals surface area contributed by atoms with Crippen molar-refractivity contribution in [3.05, 3.63) is 34.9 Å². The van der Waals surface area contributed by atoms with Gasteiger partial charge in [-0.25, -0.2) is 4.98 Å². The second-order valence-electron chi connectivity index (χ2n) is 4.45. The molecule has 1 aromatic heterocycles. The lowest BCUT2D eigenvalue weighted by Gasteiger charge is -2.12. The first-order chi connectivity index (χ1) is 9.69. The third-order valence-electron chi connectivity index (χ3n) is 3.21. The average molecular weight is 296 g/mol. The van der Waals surface area contributed by atoms with Crippen LogP contribution < -0.4 is 9.47 Å². The zero-order valence-electron chi connectivity index (χ0n) is 10.9. The van der Waals surface area contributed by atoms with E-state index in [1.807, 2.05) is 6.92 Å². The Morgan fingerprint density at radius 1 is 1.45 bits per heavy atom. The molecule has 0 saturated heterocycles. The fraction of sp³-hybridized carbons (Fsp3) is 0.385. The molecule has 1 unspecified atom stereocenters. The lowest BCUT2D eigenvalue weighted by Crippen LogP contribution is -2.09. The van der Waals surface area contributed by atoms with Crippen molar-refractivity contribution in [3.8, 4) is 11.5 Å². The lowest BCUT2D eigenvalue weighted by atomic mass is 10.1. The van der Waals surface area contributed by atoms with Gasteiger partial charge in [0.2, 0.25) is 6.79 Å². The Balaban J connectivity index is 1.84. The van der Waals surface area contributed by atoms with Crippen LogP contribution in [0, 0.1) is 0 Å². The Morgan fingerprint density at radius 3 is 3.10 bits per heavy atom. The SMILES string of the molecule is CCn1ncnc1CC(O)c1cc(Cl)c2c(c1)OCO2. The number of aromatic nitrogens is 3. The second kappa shape index (κ2) is 5.30. The maximum atomic E-state index is 10.3. The van der Waals surface area contributed by atoms with E-state index in [4.69, 9.17) is 21.1 Å². The van der Waals surface area contributed by atoms with Crippen molar-refractivity contribution >= 4 is 11.6 Å². The smallest absolute Gasteiger partial charge is 0.231 e. The molecule has 0 aliphatic carbocycles. The van der Waals surface area contributed by atoms with Crippen LogP contribution in [0.3, 0.4) is 0 Å². The van der Waals surface area contributed by atoms with E-state index in [-0.39, 0.29) is 6.79 Å². The molecule has 7 heteroatoms. The van der Waals surface area contributed by atoms with Crippen LogP contribution in [-0.4, -0.2) is 26.7 Å². The third kappa shape index (κ3) is 2.32. The molecule has 2 heterocycles. The maximum absolute atomic E-state index is 10.3. The maximum Gasteiger partial charge on any atom is 0.231 e. The molecule has 2 aromatic rings. The van der Waals surface area contributed by atoms with E-state index < -0.39 is 6.10 Å². The molecule has 0 fully saturated rings. The highest BCUT2D eigenvalue weighted by molar-refractivity contribution is 6.32. The molecular formula is C13H14ClN3O3. The summed E-state index contributed by atoms with van der Waals surface area (Å²) < 4.78 is 12.3. The molecule has 1 aliphatic rings. The number of rotatable bonds is 4. The van der Waals surface area contributed by atoms with Crippen LogP contribution in [-0.2, 0) is 13.0 Å². The highest BCUT2D eigenvalue weighted by Gasteiger charge is 2.21. The monoisotopic (exact) mass is 295 g/mol. The van der Waals surface area contributed by atoms with Crippen molar-refractivity contribution in [1.82, 2.24) is 14.8 Å². The fourth-order valence-electron chi connectivity index (χ4n) is 2.18. The number of hydrogen-bond acceptors (Lipinski definition) is 5. The molecule has 106 valence electrons. The summed E-state index contributed by atoms with van der Waals surface area (Å²) in [5, 5.41) is 14.8. The molecule has 3 rings (SSSR count). The number of ether oxygens (including phenoxy) is 2. The van der Waals surface area contributed by atoms with Crippen molar-refractivity contribution in [2.45, 2.75) is 26.0 Å². The van der Waals surface area contributed by atoms with Gasteiger partial charge in [-0.15, -0.1) is 0 Å². The van der Waals surface area contributed by atoms with E-state index in [9.17, 15) is 5.11 Å². The molecule has 1 N–H and O–H groups in total. The van der Waals surface area contributed by atoms with Crippen LogP contribution >= 0.6 is 11.6 Å². The first kappa shape index (κ1) is 13.2. The standard InChI is InChI=1S/C13H14ClN3O3/c1-2-17-12(15-6-16-17)5-10(18)8-3-9(14)13-11(4-8)19-7-20-13/h3-4,6,10,18H,2,5,7H2,1H3. The van der Waals surface area contributed by atoms with Crippen molar-refractivity contribution < 1.29 is 14.6 Å². The van der Waals surface area contributed by atoms with Crippen molar-refractivity contribution in [3.63, 3.8) is 0 Å². The number of nitrogens with zero attached hydrogens (tertiary/aromatic N) is 3. The van der Waals surface area contributed by atoms with Gasteiger partial charge in [0.15, 0.2) is 11.5 Å². The molecule has 0 saturated carbocycles. The van der Waals surface area contributed by atoms with Gasteiger partial charge in [-0.05, 0) is 24.6 Å². The number of aliphatic hydroxyl groups excluding tert-OH is 1. The van der Waals surface area contributed by atoms with Crippen molar-refractivity contribution in [1.29, 1.82) is 0 Å².